The van der Waals surface area contributed by atoms with Crippen molar-refractivity contribution in [3.8, 4) is 0 Å². The number of fused-ring (bicyclic) bond motifs is 1. The van der Waals surface area contributed by atoms with E-state index in [1.165, 1.54) is 56.2 Å². The molecule has 2 atom stereocenters. The Morgan fingerprint density at radius 2 is 2.05 bits per heavy atom. The van der Waals surface area contributed by atoms with E-state index in [1.807, 2.05) is 6.20 Å². The van der Waals surface area contributed by atoms with Crippen molar-refractivity contribution < 1.29 is 0 Å². The van der Waals surface area contributed by atoms with Gasteiger partial charge in [-0.2, -0.15) is 0 Å². The molecular formula is C18H28N2. The number of pyridine rings is 1. The van der Waals surface area contributed by atoms with Crippen LogP contribution in [0, 0.1) is 11.8 Å². The molecule has 0 saturated heterocycles. The van der Waals surface area contributed by atoms with Crippen LogP contribution in [0.15, 0.2) is 18.3 Å². The molecule has 0 spiro atoms. The molecule has 2 unspecified atom stereocenters. The second-order valence-corrected chi connectivity index (χ2v) is 6.70. The SMILES string of the molecule is CCC1CCC(C(NC)C2CCc3cccnc32)CC1. The van der Waals surface area contributed by atoms with Gasteiger partial charge in [0.1, 0.15) is 0 Å². The van der Waals surface area contributed by atoms with Gasteiger partial charge >= 0.3 is 0 Å². The molecule has 3 rings (SSSR count). The molecule has 1 heterocycles. The molecule has 1 saturated carbocycles. The van der Waals surface area contributed by atoms with Crippen molar-refractivity contribution in [2.75, 3.05) is 7.05 Å². The van der Waals surface area contributed by atoms with E-state index in [4.69, 9.17) is 4.98 Å². The zero-order chi connectivity index (χ0) is 13.9. The minimum atomic E-state index is 0.629. The lowest BCUT2D eigenvalue weighted by Gasteiger charge is -2.36. The van der Waals surface area contributed by atoms with E-state index in [-0.39, 0.29) is 0 Å². The fraction of sp³-hybridized carbons (Fsp3) is 0.722. The summed E-state index contributed by atoms with van der Waals surface area (Å²) in [6.45, 7) is 2.34. The van der Waals surface area contributed by atoms with Gasteiger partial charge in [0, 0.05) is 23.9 Å². The third-order valence-electron chi connectivity index (χ3n) is 5.75. The summed E-state index contributed by atoms with van der Waals surface area (Å²) in [5.41, 5.74) is 2.87. The van der Waals surface area contributed by atoms with Gasteiger partial charge < -0.3 is 5.32 Å². The van der Waals surface area contributed by atoms with Crippen molar-refractivity contribution in [3.63, 3.8) is 0 Å². The summed E-state index contributed by atoms with van der Waals surface area (Å²) in [5.74, 6) is 2.47. The Morgan fingerprint density at radius 1 is 1.25 bits per heavy atom. The molecule has 0 bridgehead atoms. The molecule has 0 aromatic carbocycles. The first-order valence-corrected chi connectivity index (χ1v) is 8.44. The van der Waals surface area contributed by atoms with Gasteiger partial charge in [0.15, 0.2) is 0 Å². The number of hydrogen-bond acceptors (Lipinski definition) is 2. The number of nitrogens with zero attached hydrogens (tertiary/aromatic N) is 1. The lowest BCUT2D eigenvalue weighted by atomic mass is 9.74. The van der Waals surface area contributed by atoms with Gasteiger partial charge in [0.25, 0.3) is 0 Å². The van der Waals surface area contributed by atoms with Gasteiger partial charge in [-0.05, 0) is 56.2 Å². The molecule has 110 valence electrons. The first-order valence-electron chi connectivity index (χ1n) is 8.44. The summed E-state index contributed by atoms with van der Waals surface area (Å²) in [6.07, 6.45) is 11.5. The van der Waals surface area contributed by atoms with E-state index in [0.29, 0.717) is 12.0 Å². The zero-order valence-electron chi connectivity index (χ0n) is 12.9. The normalized spacial score (nSPS) is 31.0. The van der Waals surface area contributed by atoms with Crippen LogP contribution in [-0.4, -0.2) is 18.1 Å². The maximum absolute atomic E-state index is 4.70. The highest BCUT2D eigenvalue weighted by molar-refractivity contribution is 5.30. The number of likely N-dealkylation sites (N-methyl/N-ethyl adjacent to an activating group) is 1. The van der Waals surface area contributed by atoms with Crippen LogP contribution in [0.25, 0.3) is 0 Å². The second-order valence-electron chi connectivity index (χ2n) is 6.70. The zero-order valence-corrected chi connectivity index (χ0v) is 12.9. The van der Waals surface area contributed by atoms with Gasteiger partial charge in [-0.25, -0.2) is 0 Å². The van der Waals surface area contributed by atoms with E-state index in [1.54, 1.807) is 0 Å². The average Bonchev–Trinajstić information content (AvgIpc) is 2.93. The van der Waals surface area contributed by atoms with E-state index in [0.717, 1.165) is 11.8 Å². The van der Waals surface area contributed by atoms with E-state index in [2.05, 4.69) is 31.4 Å². The molecule has 2 nitrogen and oxygen atoms in total. The summed E-state index contributed by atoms with van der Waals surface area (Å²) in [6, 6.07) is 4.98. The molecule has 1 aromatic rings. The maximum Gasteiger partial charge on any atom is 0.0482 e. The number of aryl methyl sites for hydroxylation is 1. The fourth-order valence-corrected chi connectivity index (χ4v) is 4.51. The molecule has 1 aromatic heterocycles. The summed E-state index contributed by atoms with van der Waals surface area (Å²) in [7, 11) is 2.15. The molecule has 0 amide bonds. The Labute approximate surface area is 123 Å². The van der Waals surface area contributed by atoms with Crippen molar-refractivity contribution >= 4 is 0 Å². The molecule has 1 fully saturated rings. The minimum absolute atomic E-state index is 0.629. The summed E-state index contributed by atoms with van der Waals surface area (Å²) in [5, 5.41) is 3.65. The predicted molar refractivity (Wildman–Crippen MR) is 83.9 cm³/mol. The van der Waals surface area contributed by atoms with Crippen molar-refractivity contribution in [3.05, 3.63) is 29.6 Å². The number of aromatic nitrogens is 1. The van der Waals surface area contributed by atoms with Gasteiger partial charge in [-0.3, -0.25) is 4.98 Å². The Hall–Kier alpha value is -0.890. The molecule has 0 radical (unpaired) electrons. The van der Waals surface area contributed by atoms with Crippen molar-refractivity contribution in [1.29, 1.82) is 0 Å². The van der Waals surface area contributed by atoms with E-state index < -0.39 is 0 Å². The summed E-state index contributed by atoms with van der Waals surface area (Å²) < 4.78 is 0. The second kappa shape index (κ2) is 6.26. The van der Waals surface area contributed by atoms with Crippen molar-refractivity contribution in [2.24, 2.45) is 11.8 Å². The van der Waals surface area contributed by atoms with Crippen LogP contribution in [0.3, 0.4) is 0 Å². The first kappa shape index (κ1) is 14.1. The smallest absolute Gasteiger partial charge is 0.0482 e. The van der Waals surface area contributed by atoms with Crippen LogP contribution < -0.4 is 5.32 Å². The van der Waals surface area contributed by atoms with Gasteiger partial charge in [0.05, 0.1) is 0 Å². The molecule has 2 aliphatic carbocycles. The summed E-state index contributed by atoms with van der Waals surface area (Å²) >= 11 is 0. The van der Waals surface area contributed by atoms with Gasteiger partial charge in [-0.1, -0.05) is 32.3 Å². The predicted octanol–water partition coefficient (Wildman–Crippen LogP) is 3.92. The van der Waals surface area contributed by atoms with E-state index >= 15 is 0 Å². The topological polar surface area (TPSA) is 24.9 Å². The minimum Gasteiger partial charge on any atom is -0.316 e. The van der Waals surface area contributed by atoms with Crippen LogP contribution in [0.2, 0.25) is 0 Å². The summed E-state index contributed by atoms with van der Waals surface area (Å²) in [4.78, 5) is 4.70. The maximum atomic E-state index is 4.70. The largest absolute Gasteiger partial charge is 0.316 e. The van der Waals surface area contributed by atoms with Gasteiger partial charge in [-0.15, -0.1) is 0 Å². The Kier molecular flexibility index (Phi) is 4.40. The third-order valence-corrected chi connectivity index (χ3v) is 5.75. The monoisotopic (exact) mass is 272 g/mol. The third kappa shape index (κ3) is 2.63. The molecule has 0 aliphatic heterocycles. The number of nitrogens with one attached hydrogen (secondary N) is 1. The lowest BCUT2D eigenvalue weighted by Crippen LogP contribution is -2.40. The van der Waals surface area contributed by atoms with Crippen LogP contribution in [0.4, 0.5) is 0 Å². The van der Waals surface area contributed by atoms with Crippen LogP contribution in [0.1, 0.15) is 62.6 Å². The van der Waals surface area contributed by atoms with Crippen molar-refractivity contribution in [2.45, 2.75) is 63.8 Å². The van der Waals surface area contributed by atoms with Crippen LogP contribution >= 0.6 is 0 Å². The highest BCUT2D eigenvalue weighted by Gasteiger charge is 2.36. The average molecular weight is 272 g/mol. The Morgan fingerprint density at radius 3 is 2.75 bits per heavy atom. The Bertz CT molecular complexity index is 435. The van der Waals surface area contributed by atoms with E-state index in [9.17, 15) is 0 Å². The molecule has 2 heteroatoms. The molecular weight excluding hydrogens is 244 g/mol. The molecule has 1 N–H and O–H groups in total. The number of hydrogen-bond donors (Lipinski definition) is 1. The lowest BCUT2D eigenvalue weighted by molar-refractivity contribution is 0.203. The van der Waals surface area contributed by atoms with Gasteiger partial charge in [0.2, 0.25) is 0 Å². The Balaban J connectivity index is 1.72. The standard InChI is InChI=1S/C18H28N2/c1-3-13-6-8-15(9-7-13)17(19-2)16-11-10-14-5-4-12-20-18(14)16/h4-5,12-13,15-17,19H,3,6-11H2,1-2H3. The molecule has 2 aliphatic rings. The van der Waals surface area contributed by atoms with Crippen LogP contribution in [0.5, 0.6) is 0 Å². The number of rotatable bonds is 4. The highest BCUT2D eigenvalue weighted by atomic mass is 14.9. The molecule has 20 heavy (non-hydrogen) atoms. The highest BCUT2D eigenvalue weighted by Crippen LogP contribution is 2.41. The first-order chi connectivity index (χ1) is 9.83. The van der Waals surface area contributed by atoms with Crippen LogP contribution in [-0.2, 0) is 6.42 Å². The quantitative estimate of drug-likeness (QED) is 0.898. The van der Waals surface area contributed by atoms with Crippen molar-refractivity contribution in [1.82, 2.24) is 10.3 Å². The fourth-order valence-electron chi connectivity index (χ4n) is 4.51.